The van der Waals surface area contributed by atoms with Gasteiger partial charge in [-0.3, -0.25) is 4.79 Å². The predicted molar refractivity (Wildman–Crippen MR) is 109 cm³/mol. The fourth-order valence-electron chi connectivity index (χ4n) is 2.41. The number of carbonyl (C=O) groups is 1. The minimum Gasteiger partial charge on any atom is -0.486 e. The highest BCUT2D eigenvalue weighted by atomic mass is 79.9. The molecule has 6 heteroatoms. The van der Waals surface area contributed by atoms with Crippen LogP contribution in [0.2, 0.25) is 0 Å². The second-order valence-corrected chi connectivity index (χ2v) is 7.87. The van der Waals surface area contributed by atoms with Crippen LogP contribution in [0.5, 0.6) is 5.75 Å². The van der Waals surface area contributed by atoms with Crippen molar-refractivity contribution >= 4 is 39.1 Å². The van der Waals surface area contributed by atoms with E-state index in [4.69, 9.17) is 9.15 Å². The van der Waals surface area contributed by atoms with Crippen LogP contribution in [0, 0.1) is 5.82 Å². The Morgan fingerprint density at radius 2 is 2.04 bits per heavy atom. The second kappa shape index (κ2) is 9.15. The van der Waals surface area contributed by atoms with Gasteiger partial charge >= 0.3 is 0 Å². The fraction of sp³-hybridized carbons (Fsp3) is 0.190. The van der Waals surface area contributed by atoms with Crippen molar-refractivity contribution in [2.75, 3.05) is 0 Å². The number of carbonyl (C=O) groups excluding carboxylic acids is 1. The van der Waals surface area contributed by atoms with E-state index in [1.54, 1.807) is 30.3 Å². The molecule has 0 fully saturated rings. The van der Waals surface area contributed by atoms with Gasteiger partial charge in [-0.15, -0.1) is 11.3 Å². The lowest BCUT2D eigenvalue weighted by atomic mass is 10.2. The molecule has 0 bridgehead atoms. The van der Waals surface area contributed by atoms with Crippen LogP contribution in [0.4, 0.5) is 4.39 Å². The Morgan fingerprint density at radius 1 is 1.26 bits per heavy atom. The molecule has 0 atom stereocenters. The number of aryl methyl sites for hydroxylation is 1. The Bertz CT molecular complexity index is 941. The minimum absolute atomic E-state index is 0.0523. The smallest absolute Gasteiger partial charge is 0.195 e. The molecule has 0 saturated heterocycles. The number of benzene rings is 1. The first-order chi connectivity index (χ1) is 13.0. The third-order valence-corrected chi connectivity index (χ3v) is 5.93. The molecule has 1 aromatic carbocycles. The van der Waals surface area contributed by atoms with E-state index < -0.39 is 0 Å². The van der Waals surface area contributed by atoms with Crippen LogP contribution in [0.25, 0.3) is 6.08 Å². The molecule has 0 amide bonds. The van der Waals surface area contributed by atoms with Gasteiger partial charge in [0.1, 0.15) is 29.7 Å². The zero-order valence-electron chi connectivity index (χ0n) is 14.7. The number of thiophene rings is 1. The summed E-state index contributed by atoms with van der Waals surface area (Å²) in [5, 5.41) is 0. The van der Waals surface area contributed by atoms with E-state index in [0.717, 1.165) is 17.3 Å². The summed E-state index contributed by atoms with van der Waals surface area (Å²) in [6.45, 7) is 2.34. The van der Waals surface area contributed by atoms with Crippen LogP contribution in [-0.2, 0) is 13.0 Å². The maximum Gasteiger partial charge on any atom is 0.195 e. The van der Waals surface area contributed by atoms with Crippen molar-refractivity contribution in [3.8, 4) is 5.75 Å². The van der Waals surface area contributed by atoms with Crippen molar-refractivity contribution in [2.24, 2.45) is 0 Å². The van der Waals surface area contributed by atoms with E-state index in [0.29, 0.717) is 22.1 Å². The zero-order chi connectivity index (χ0) is 19.2. The van der Waals surface area contributed by atoms with Gasteiger partial charge in [-0.1, -0.05) is 13.3 Å². The third kappa shape index (κ3) is 5.40. The van der Waals surface area contributed by atoms with Crippen molar-refractivity contribution < 1.29 is 18.3 Å². The average Bonchev–Trinajstić information content (AvgIpc) is 3.26. The van der Waals surface area contributed by atoms with Crippen LogP contribution in [0.1, 0.15) is 39.4 Å². The molecule has 0 aliphatic rings. The number of ketones is 1. The van der Waals surface area contributed by atoms with Crippen LogP contribution in [0.15, 0.2) is 57.4 Å². The van der Waals surface area contributed by atoms with Crippen LogP contribution >= 0.6 is 27.3 Å². The lowest BCUT2D eigenvalue weighted by molar-refractivity contribution is 0.105. The van der Waals surface area contributed by atoms with E-state index >= 15 is 0 Å². The lowest BCUT2D eigenvalue weighted by Crippen LogP contribution is -1.93. The largest absolute Gasteiger partial charge is 0.486 e. The highest BCUT2D eigenvalue weighted by Gasteiger charge is 2.11. The molecule has 3 aromatic rings. The number of allylic oxidation sites excluding steroid dienone is 1. The molecule has 0 saturated carbocycles. The van der Waals surface area contributed by atoms with Crippen LogP contribution < -0.4 is 4.74 Å². The minimum atomic E-state index is -0.308. The van der Waals surface area contributed by atoms with E-state index in [-0.39, 0.29) is 18.2 Å². The maximum atomic E-state index is 12.9. The van der Waals surface area contributed by atoms with Crippen molar-refractivity contribution in [2.45, 2.75) is 26.4 Å². The lowest BCUT2D eigenvalue weighted by Gasteiger charge is -2.03. The molecule has 0 N–H and O–H groups in total. The highest BCUT2D eigenvalue weighted by molar-refractivity contribution is 9.10. The topological polar surface area (TPSA) is 39.4 Å². The zero-order valence-corrected chi connectivity index (χ0v) is 17.1. The fourth-order valence-corrected chi connectivity index (χ4v) is 4.31. The summed E-state index contributed by atoms with van der Waals surface area (Å²) in [4.78, 5) is 14.2. The van der Waals surface area contributed by atoms with Crippen molar-refractivity contribution in [3.63, 3.8) is 0 Å². The molecular formula is C21H18BrFO3S. The number of halogens is 2. The molecular weight excluding hydrogens is 431 g/mol. The molecule has 2 heterocycles. The molecule has 3 nitrogen and oxygen atoms in total. The average molecular weight is 449 g/mol. The summed E-state index contributed by atoms with van der Waals surface area (Å²) in [5.41, 5.74) is 0. The quantitative estimate of drug-likeness (QED) is 0.285. The van der Waals surface area contributed by atoms with Gasteiger partial charge < -0.3 is 9.15 Å². The van der Waals surface area contributed by atoms with Crippen molar-refractivity contribution in [1.29, 1.82) is 0 Å². The van der Waals surface area contributed by atoms with Gasteiger partial charge in [-0.2, -0.15) is 0 Å². The van der Waals surface area contributed by atoms with E-state index in [1.165, 1.54) is 34.4 Å². The number of furan rings is 1. The summed E-state index contributed by atoms with van der Waals surface area (Å²) in [5.74, 6) is 1.40. The summed E-state index contributed by atoms with van der Waals surface area (Å²) in [7, 11) is 0. The monoisotopic (exact) mass is 448 g/mol. The molecule has 140 valence electrons. The molecule has 27 heavy (non-hydrogen) atoms. The molecule has 0 aliphatic carbocycles. The van der Waals surface area contributed by atoms with Crippen molar-refractivity contribution in [1.82, 2.24) is 0 Å². The number of hydrogen-bond donors (Lipinski definition) is 0. The van der Waals surface area contributed by atoms with E-state index in [1.807, 2.05) is 6.07 Å². The Labute approximate surface area is 169 Å². The van der Waals surface area contributed by atoms with Crippen molar-refractivity contribution in [3.05, 3.63) is 80.1 Å². The first-order valence-electron chi connectivity index (χ1n) is 8.53. The van der Waals surface area contributed by atoms with Gasteiger partial charge in [-0.25, -0.2) is 4.39 Å². The first kappa shape index (κ1) is 19.6. The standard InChI is InChI=1S/C21H18BrFO3S/c1-2-3-20-18(22)12-21(27-20)19(24)11-10-16-8-9-17(26-16)13-25-15-6-4-14(23)5-7-15/h4-12H,2-3,13H2,1H3/b11-10+. The van der Waals surface area contributed by atoms with Gasteiger partial charge in [-0.05, 0) is 77.0 Å². The van der Waals surface area contributed by atoms with Gasteiger partial charge in [0.2, 0.25) is 0 Å². The molecule has 0 aliphatic heterocycles. The predicted octanol–water partition coefficient (Wildman–Crippen LogP) is 6.67. The van der Waals surface area contributed by atoms with E-state index in [9.17, 15) is 9.18 Å². The van der Waals surface area contributed by atoms with Gasteiger partial charge in [0.25, 0.3) is 0 Å². The Kier molecular flexibility index (Phi) is 6.63. The Balaban J connectivity index is 1.58. The van der Waals surface area contributed by atoms with E-state index in [2.05, 4.69) is 22.9 Å². The summed E-state index contributed by atoms with van der Waals surface area (Å²) in [6.07, 6.45) is 5.16. The molecule has 0 unspecified atom stereocenters. The summed E-state index contributed by atoms with van der Waals surface area (Å²) < 4.78 is 25.0. The SMILES string of the molecule is CCCc1sc(C(=O)/C=C/c2ccc(COc3ccc(F)cc3)o2)cc1Br. The molecule has 0 radical (unpaired) electrons. The number of ether oxygens (including phenoxy) is 1. The van der Waals surface area contributed by atoms with Gasteiger partial charge in [0, 0.05) is 9.35 Å². The number of rotatable bonds is 8. The van der Waals surface area contributed by atoms with Gasteiger partial charge in [0.15, 0.2) is 5.78 Å². The van der Waals surface area contributed by atoms with Crippen LogP contribution in [0.3, 0.4) is 0 Å². The molecule has 0 spiro atoms. The first-order valence-corrected chi connectivity index (χ1v) is 10.1. The highest BCUT2D eigenvalue weighted by Crippen LogP contribution is 2.29. The summed E-state index contributed by atoms with van der Waals surface area (Å²) >= 11 is 5.02. The normalized spacial score (nSPS) is 11.2. The molecule has 2 aromatic heterocycles. The van der Waals surface area contributed by atoms with Crippen LogP contribution in [-0.4, -0.2) is 5.78 Å². The third-order valence-electron chi connectivity index (χ3n) is 3.75. The summed E-state index contributed by atoms with van der Waals surface area (Å²) in [6, 6.07) is 11.2. The Morgan fingerprint density at radius 3 is 2.78 bits per heavy atom. The number of hydrogen-bond acceptors (Lipinski definition) is 4. The maximum absolute atomic E-state index is 12.9. The molecule has 3 rings (SSSR count). The Hall–Kier alpha value is -2.18. The van der Waals surface area contributed by atoms with Gasteiger partial charge in [0.05, 0.1) is 4.88 Å². The second-order valence-electron chi connectivity index (χ2n) is 5.88.